The molecule has 1 saturated carbocycles. The van der Waals surface area contributed by atoms with Crippen LogP contribution >= 0.6 is 0 Å². The Kier molecular flexibility index (Phi) is 15.5. The van der Waals surface area contributed by atoms with Crippen molar-refractivity contribution in [1.82, 2.24) is 0 Å². The van der Waals surface area contributed by atoms with E-state index in [2.05, 4.69) is 26.0 Å². The lowest BCUT2D eigenvalue weighted by Crippen LogP contribution is -2.28. The molecule has 1 aliphatic carbocycles. The number of unbranched alkanes of at least 4 members (excludes halogenated alkanes) is 2. The van der Waals surface area contributed by atoms with Crippen LogP contribution in [0, 0.1) is 17.8 Å². The normalized spacial score (nSPS) is 28.8. The van der Waals surface area contributed by atoms with Crippen molar-refractivity contribution in [2.24, 2.45) is 17.8 Å². The van der Waals surface area contributed by atoms with Crippen LogP contribution in [0.25, 0.3) is 0 Å². The molecule has 0 aromatic heterocycles. The minimum Gasteiger partial charge on any atom is -0.465 e. The first-order valence-electron chi connectivity index (χ1n) is 16.2. The number of carbonyl (C=O) groups excluding carboxylic acids is 1. The number of hydrogen-bond donors (Lipinski definition) is 1. The summed E-state index contributed by atoms with van der Waals surface area (Å²) in [4.78, 5) is 12.8. The summed E-state index contributed by atoms with van der Waals surface area (Å²) in [6.07, 6.45) is 20.7. The van der Waals surface area contributed by atoms with Crippen LogP contribution in [0.1, 0.15) is 123 Å². The summed E-state index contributed by atoms with van der Waals surface area (Å²) in [7, 11) is 1.36. The van der Waals surface area contributed by atoms with Crippen LogP contribution < -0.4 is 0 Å². The van der Waals surface area contributed by atoms with Gasteiger partial charge in [-0.2, -0.15) is 0 Å². The van der Waals surface area contributed by atoms with E-state index >= 15 is 0 Å². The van der Waals surface area contributed by atoms with Crippen LogP contribution in [-0.2, 0) is 28.5 Å². The van der Waals surface area contributed by atoms with E-state index in [4.69, 9.17) is 23.7 Å². The fraction of sp³-hybridized carbons (Fsp3) is 0.848. The van der Waals surface area contributed by atoms with Gasteiger partial charge in [-0.3, -0.25) is 0 Å². The van der Waals surface area contributed by atoms with Crippen LogP contribution in [0.15, 0.2) is 23.7 Å². The second-order valence-corrected chi connectivity index (χ2v) is 12.0. The third-order valence-corrected chi connectivity index (χ3v) is 8.71. The Labute approximate surface area is 243 Å². The highest BCUT2D eigenvalue weighted by Crippen LogP contribution is 2.37. The van der Waals surface area contributed by atoms with Gasteiger partial charge in [-0.25, -0.2) is 4.79 Å². The van der Waals surface area contributed by atoms with Crippen LogP contribution in [0.5, 0.6) is 0 Å². The molecule has 7 heteroatoms. The van der Waals surface area contributed by atoms with Gasteiger partial charge in [0.25, 0.3) is 0 Å². The molecule has 0 aromatic rings. The second-order valence-electron chi connectivity index (χ2n) is 12.0. The Hall–Kier alpha value is -1.57. The zero-order valence-corrected chi connectivity index (χ0v) is 25.5. The van der Waals surface area contributed by atoms with E-state index in [-0.39, 0.29) is 24.1 Å². The quantitative estimate of drug-likeness (QED) is 0.0641. The van der Waals surface area contributed by atoms with Crippen molar-refractivity contribution in [1.29, 1.82) is 0 Å². The van der Waals surface area contributed by atoms with E-state index in [9.17, 15) is 9.90 Å². The molecule has 0 radical (unpaired) electrons. The van der Waals surface area contributed by atoms with E-state index in [1.54, 1.807) is 0 Å². The first-order valence-corrected chi connectivity index (χ1v) is 16.2. The third kappa shape index (κ3) is 11.4. The molecule has 230 valence electrons. The van der Waals surface area contributed by atoms with E-state index in [1.165, 1.54) is 32.8 Å². The molecule has 3 rings (SSSR count). The SMILES string of the molecule is CCCC[C@H](C)CC/C=C/[C@H]1CC[C@H](O)[C@@H]1CCCC/C(OC1CCCCO1)=C(\OC1CCCCO1)C(=O)OC. The first-order chi connectivity index (χ1) is 19.5. The number of hydrogen-bond acceptors (Lipinski definition) is 7. The van der Waals surface area contributed by atoms with Gasteiger partial charge in [-0.15, -0.1) is 0 Å². The highest BCUT2D eigenvalue weighted by atomic mass is 16.7. The summed E-state index contributed by atoms with van der Waals surface area (Å²) in [6, 6.07) is 0. The van der Waals surface area contributed by atoms with Gasteiger partial charge in [0.15, 0.2) is 12.6 Å². The zero-order valence-electron chi connectivity index (χ0n) is 25.5. The number of allylic oxidation sites excluding steroid dienone is 3. The van der Waals surface area contributed by atoms with Gasteiger partial charge in [0, 0.05) is 19.3 Å². The number of carbonyl (C=O) groups is 1. The molecule has 3 fully saturated rings. The number of ether oxygens (including phenoxy) is 5. The average molecular weight is 565 g/mol. The predicted molar refractivity (Wildman–Crippen MR) is 156 cm³/mol. The van der Waals surface area contributed by atoms with Crippen molar-refractivity contribution in [2.45, 2.75) is 142 Å². The highest BCUT2D eigenvalue weighted by molar-refractivity contribution is 5.86. The van der Waals surface area contributed by atoms with Gasteiger partial charge >= 0.3 is 5.97 Å². The maximum Gasteiger partial charge on any atom is 0.377 e. The van der Waals surface area contributed by atoms with Gasteiger partial charge in [-0.1, -0.05) is 51.7 Å². The number of aliphatic hydroxyl groups excluding tert-OH is 1. The lowest BCUT2D eigenvalue weighted by Gasteiger charge is -2.28. The Morgan fingerprint density at radius 3 is 2.33 bits per heavy atom. The largest absolute Gasteiger partial charge is 0.465 e. The van der Waals surface area contributed by atoms with Gasteiger partial charge < -0.3 is 28.8 Å². The van der Waals surface area contributed by atoms with Crippen molar-refractivity contribution in [3.63, 3.8) is 0 Å². The second kappa shape index (κ2) is 18.8. The Balaban J connectivity index is 1.56. The monoisotopic (exact) mass is 564 g/mol. The summed E-state index contributed by atoms with van der Waals surface area (Å²) in [5.74, 6) is 1.57. The van der Waals surface area contributed by atoms with Gasteiger partial charge in [-0.05, 0) is 82.0 Å². The van der Waals surface area contributed by atoms with E-state index in [0.29, 0.717) is 31.3 Å². The van der Waals surface area contributed by atoms with Gasteiger partial charge in [0.1, 0.15) is 5.76 Å². The molecule has 0 spiro atoms. The van der Waals surface area contributed by atoms with Crippen LogP contribution in [0.2, 0.25) is 0 Å². The van der Waals surface area contributed by atoms with Gasteiger partial charge in [0.05, 0.1) is 26.4 Å². The molecule has 0 amide bonds. The minimum atomic E-state index is -0.541. The van der Waals surface area contributed by atoms with Crippen LogP contribution in [0.4, 0.5) is 0 Å². The molecule has 2 unspecified atom stereocenters. The summed E-state index contributed by atoms with van der Waals surface area (Å²) >= 11 is 0. The summed E-state index contributed by atoms with van der Waals surface area (Å²) < 4.78 is 29.0. The third-order valence-electron chi connectivity index (χ3n) is 8.71. The standard InChI is InChI=1S/C33H56O7/c1-4-5-14-25(2)15-6-7-16-26-21-22-28(34)27(26)17-8-9-18-29(39-30-19-10-12-23-37-30)32(33(35)36-3)40-31-20-11-13-24-38-31/h7,16,25-28,30-31,34H,4-6,8-15,17-24H2,1-3H3/b16-7+,32-29+/t25-,26-,27+,28-,30?,31?/m0/s1. The molecule has 6 atom stereocenters. The predicted octanol–water partition coefficient (Wildman–Crippen LogP) is 7.57. The highest BCUT2D eigenvalue weighted by Gasteiger charge is 2.33. The van der Waals surface area contributed by atoms with Crippen LogP contribution in [0.3, 0.4) is 0 Å². The molecule has 2 heterocycles. The van der Waals surface area contributed by atoms with Crippen molar-refractivity contribution in [3.05, 3.63) is 23.7 Å². The smallest absolute Gasteiger partial charge is 0.377 e. The summed E-state index contributed by atoms with van der Waals surface area (Å²) in [5.41, 5.74) is 0. The molecule has 1 N–H and O–H groups in total. The average Bonchev–Trinajstić information content (AvgIpc) is 3.33. The lowest BCUT2D eigenvalue weighted by atomic mass is 9.88. The molecule has 0 aromatic carbocycles. The number of methoxy groups -OCH3 is 1. The van der Waals surface area contributed by atoms with Crippen molar-refractivity contribution < 1.29 is 33.6 Å². The van der Waals surface area contributed by atoms with E-state index < -0.39 is 12.3 Å². The molecule has 0 bridgehead atoms. The Morgan fingerprint density at radius 1 is 0.950 bits per heavy atom. The lowest BCUT2D eigenvalue weighted by molar-refractivity contribution is -0.172. The van der Waals surface area contributed by atoms with Crippen molar-refractivity contribution in [3.8, 4) is 0 Å². The molecule has 40 heavy (non-hydrogen) atoms. The number of aliphatic hydroxyl groups is 1. The first kappa shape index (κ1) is 32.9. The molecule has 2 saturated heterocycles. The molecule has 7 nitrogen and oxygen atoms in total. The van der Waals surface area contributed by atoms with E-state index in [1.807, 2.05) is 0 Å². The Morgan fingerprint density at radius 2 is 1.68 bits per heavy atom. The maximum atomic E-state index is 12.8. The Bertz CT molecular complexity index is 767. The molecule has 2 aliphatic heterocycles. The number of rotatable bonds is 17. The summed E-state index contributed by atoms with van der Waals surface area (Å²) in [6.45, 7) is 5.89. The fourth-order valence-electron chi connectivity index (χ4n) is 6.18. The van der Waals surface area contributed by atoms with Crippen molar-refractivity contribution in [2.75, 3.05) is 20.3 Å². The van der Waals surface area contributed by atoms with Gasteiger partial charge in [0.2, 0.25) is 5.76 Å². The maximum absolute atomic E-state index is 12.8. The number of esters is 1. The molecular weight excluding hydrogens is 508 g/mol. The molecular formula is C33H56O7. The summed E-state index contributed by atoms with van der Waals surface area (Å²) in [5, 5.41) is 10.7. The zero-order chi connectivity index (χ0) is 28.6. The van der Waals surface area contributed by atoms with Crippen LogP contribution in [-0.4, -0.2) is 50.1 Å². The minimum absolute atomic E-state index is 0.110. The topological polar surface area (TPSA) is 83.5 Å². The van der Waals surface area contributed by atoms with E-state index in [0.717, 1.165) is 83.0 Å². The fourth-order valence-corrected chi connectivity index (χ4v) is 6.18. The van der Waals surface area contributed by atoms with Crippen molar-refractivity contribution >= 4 is 5.97 Å². The molecule has 3 aliphatic rings.